The number of halogens is 1. The fourth-order valence-electron chi connectivity index (χ4n) is 2.07. The van der Waals surface area contributed by atoms with Crippen LogP contribution in [0.2, 0.25) is 0 Å². The van der Waals surface area contributed by atoms with Crippen molar-refractivity contribution in [2.24, 2.45) is 0 Å². The molecule has 0 unspecified atom stereocenters. The van der Waals surface area contributed by atoms with Crippen LogP contribution >= 0.6 is 11.3 Å². The van der Waals surface area contributed by atoms with Crippen molar-refractivity contribution >= 4 is 28.1 Å². The Morgan fingerprint density at radius 3 is 3.00 bits per heavy atom. The van der Waals surface area contributed by atoms with Gasteiger partial charge < -0.3 is 10.2 Å². The molecule has 1 fully saturated rings. The molecule has 1 amide bonds. The largest absolute Gasteiger partial charge is 0.365 e. The Morgan fingerprint density at radius 2 is 2.33 bits per heavy atom. The van der Waals surface area contributed by atoms with Crippen LogP contribution in [0.5, 0.6) is 0 Å². The fraction of sp³-hybridized carbons (Fsp3) is 0.385. The third-order valence-corrected chi connectivity index (χ3v) is 3.87. The zero-order valence-electron chi connectivity index (χ0n) is 11.4. The van der Waals surface area contributed by atoms with E-state index in [0.29, 0.717) is 23.9 Å². The van der Waals surface area contributed by atoms with Crippen LogP contribution in [-0.2, 0) is 11.2 Å². The predicted octanol–water partition coefficient (Wildman–Crippen LogP) is 1.58. The van der Waals surface area contributed by atoms with Gasteiger partial charge >= 0.3 is 0 Å². The van der Waals surface area contributed by atoms with Gasteiger partial charge in [-0.25, -0.2) is 4.39 Å². The lowest BCUT2D eigenvalue weighted by Gasteiger charge is -2.36. The van der Waals surface area contributed by atoms with Gasteiger partial charge in [0.2, 0.25) is 11.0 Å². The second kappa shape index (κ2) is 5.72. The third kappa shape index (κ3) is 3.33. The first-order chi connectivity index (χ1) is 10.1. The molecule has 0 saturated carbocycles. The highest BCUT2D eigenvalue weighted by molar-refractivity contribution is 7.15. The number of hydrogen-bond donors (Lipinski definition) is 1. The van der Waals surface area contributed by atoms with E-state index in [9.17, 15) is 9.18 Å². The molecule has 0 aliphatic carbocycles. The normalized spacial score (nSPS) is 14.9. The zero-order valence-corrected chi connectivity index (χ0v) is 12.2. The van der Waals surface area contributed by atoms with Crippen LogP contribution < -0.4 is 10.2 Å². The maximum Gasteiger partial charge on any atom is 0.232 e. The van der Waals surface area contributed by atoms with E-state index in [1.54, 1.807) is 6.20 Å². The molecule has 8 heteroatoms. The molecule has 0 atom stereocenters. The second-order valence-electron chi connectivity index (χ2n) is 4.86. The SMILES string of the molecule is Cc1nnc(NC(=O)Cc2cc(N3CC(F)C3)ccn2)s1. The van der Waals surface area contributed by atoms with Gasteiger partial charge in [0.25, 0.3) is 0 Å². The molecular weight excluding hydrogens is 293 g/mol. The van der Waals surface area contributed by atoms with Crippen LogP contribution in [0, 0.1) is 6.92 Å². The zero-order chi connectivity index (χ0) is 14.8. The van der Waals surface area contributed by atoms with E-state index in [0.717, 1.165) is 10.7 Å². The molecular formula is C13H14FN5OS. The number of alkyl halides is 1. The first-order valence-corrected chi connectivity index (χ1v) is 7.36. The first-order valence-electron chi connectivity index (χ1n) is 6.54. The van der Waals surface area contributed by atoms with Crippen molar-refractivity contribution in [2.45, 2.75) is 19.5 Å². The number of nitrogens with one attached hydrogen (secondary N) is 1. The molecule has 0 spiro atoms. The number of anilines is 2. The maximum absolute atomic E-state index is 12.9. The summed E-state index contributed by atoms with van der Waals surface area (Å²) in [6.45, 7) is 2.63. The second-order valence-corrected chi connectivity index (χ2v) is 6.04. The molecule has 0 aromatic carbocycles. The molecule has 0 radical (unpaired) electrons. The van der Waals surface area contributed by atoms with Crippen LogP contribution in [-0.4, -0.2) is 40.3 Å². The van der Waals surface area contributed by atoms with Crippen molar-refractivity contribution in [3.63, 3.8) is 0 Å². The number of carbonyl (C=O) groups is 1. The smallest absolute Gasteiger partial charge is 0.232 e. The molecule has 21 heavy (non-hydrogen) atoms. The van der Waals surface area contributed by atoms with Crippen molar-refractivity contribution < 1.29 is 9.18 Å². The number of rotatable bonds is 4. The van der Waals surface area contributed by atoms with Crippen molar-refractivity contribution in [2.75, 3.05) is 23.3 Å². The van der Waals surface area contributed by atoms with Crippen LogP contribution in [0.15, 0.2) is 18.3 Å². The summed E-state index contributed by atoms with van der Waals surface area (Å²) in [4.78, 5) is 18.0. The van der Waals surface area contributed by atoms with Gasteiger partial charge in [0.05, 0.1) is 25.2 Å². The van der Waals surface area contributed by atoms with Crippen LogP contribution in [0.1, 0.15) is 10.7 Å². The summed E-state index contributed by atoms with van der Waals surface area (Å²) in [5.74, 6) is -0.192. The monoisotopic (exact) mass is 307 g/mol. The summed E-state index contributed by atoms with van der Waals surface area (Å²) < 4.78 is 12.9. The number of pyridine rings is 1. The molecule has 0 bridgehead atoms. The molecule has 1 aliphatic heterocycles. The van der Waals surface area contributed by atoms with Gasteiger partial charge in [-0.15, -0.1) is 10.2 Å². The van der Waals surface area contributed by atoms with Gasteiger partial charge in [0.15, 0.2) is 0 Å². The summed E-state index contributed by atoms with van der Waals surface area (Å²) >= 11 is 1.32. The van der Waals surface area contributed by atoms with E-state index in [4.69, 9.17) is 0 Å². The van der Waals surface area contributed by atoms with Crippen LogP contribution in [0.3, 0.4) is 0 Å². The van der Waals surface area contributed by atoms with Gasteiger partial charge in [0, 0.05) is 11.9 Å². The minimum Gasteiger partial charge on any atom is -0.365 e. The van der Waals surface area contributed by atoms with E-state index in [1.165, 1.54) is 11.3 Å². The molecule has 110 valence electrons. The highest BCUT2D eigenvalue weighted by atomic mass is 32.1. The Labute approximate surface area is 125 Å². The molecule has 2 aromatic rings. The molecule has 1 N–H and O–H groups in total. The van der Waals surface area contributed by atoms with Crippen molar-refractivity contribution in [3.8, 4) is 0 Å². The van der Waals surface area contributed by atoms with Gasteiger partial charge in [-0.2, -0.15) is 0 Å². The minimum absolute atomic E-state index is 0.152. The van der Waals surface area contributed by atoms with Crippen molar-refractivity contribution in [1.82, 2.24) is 15.2 Å². The van der Waals surface area contributed by atoms with Crippen molar-refractivity contribution in [3.05, 3.63) is 29.0 Å². The van der Waals surface area contributed by atoms with Gasteiger partial charge in [-0.05, 0) is 19.1 Å². The molecule has 6 nitrogen and oxygen atoms in total. The average molecular weight is 307 g/mol. The summed E-state index contributed by atoms with van der Waals surface area (Å²) in [6.07, 6.45) is 1.03. The van der Waals surface area contributed by atoms with Crippen molar-refractivity contribution in [1.29, 1.82) is 0 Å². The van der Waals surface area contributed by atoms with E-state index in [-0.39, 0.29) is 12.3 Å². The molecule has 1 saturated heterocycles. The Bertz CT molecular complexity index is 656. The molecule has 3 heterocycles. The molecule has 2 aromatic heterocycles. The lowest BCUT2D eigenvalue weighted by Crippen LogP contribution is -2.48. The van der Waals surface area contributed by atoms with E-state index in [1.807, 2.05) is 24.0 Å². The maximum atomic E-state index is 12.9. The highest BCUT2D eigenvalue weighted by Gasteiger charge is 2.26. The fourth-order valence-corrected chi connectivity index (χ4v) is 2.68. The first kappa shape index (κ1) is 13.9. The third-order valence-electron chi connectivity index (χ3n) is 3.12. The summed E-state index contributed by atoms with van der Waals surface area (Å²) in [6, 6.07) is 3.64. The highest BCUT2D eigenvalue weighted by Crippen LogP contribution is 2.22. The number of aromatic nitrogens is 3. The Hall–Kier alpha value is -2.09. The summed E-state index contributed by atoms with van der Waals surface area (Å²) in [7, 11) is 0. The summed E-state index contributed by atoms with van der Waals surface area (Å²) in [5.41, 5.74) is 1.54. The lowest BCUT2D eigenvalue weighted by atomic mass is 10.1. The molecule has 1 aliphatic rings. The van der Waals surface area contributed by atoms with Crippen LogP contribution in [0.25, 0.3) is 0 Å². The molecule has 3 rings (SSSR count). The Balaban J connectivity index is 1.61. The van der Waals surface area contributed by atoms with Crippen LogP contribution in [0.4, 0.5) is 15.2 Å². The van der Waals surface area contributed by atoms with Gasteiger partial charge in [0.1, 0.15) is 11.2 Å². The van der Waals surface area contributed by atoms with E-state index < -0.39 is 6.17 Å². The number of amides is 1. The van der Waals surface area contributed by atoms with Gasteiger partial charge in [-0.3, -0.25) is 9.78 Å². The number of hydrogen-bond acceptors (Lipinski definition) is 6. The van der Waals surface area contributed by atoms with E-state index >= 15 is 0 Å². The minimum atomic E-state index is -0.759. The number of nitrogens with zero attached hydrogens (tertiary/aromatic N) is 4. The number of aryl methyl sites for hydroxylation is 1. The Morgan fingerprint density at radius 1 is 1.52 bits per heavy atom. The average Bonchev–Trinajstić information content (AvgIpc) is 2.80. The standard InChI is InChI=1S/C13H14FN5OS/c1-8-17-18-13(21-8)16-12(20)5-10-4-11(2-3-15-10)19-6-9(14)7-19/h2-4,9H,5-7H2,1H3,(H,16,18,20). The summed E-state index contributed by atoms with van der Waals surface area (Å²) in [5, 5.41) is 11.6. The predicted molar refractivity (Wildman–Crippen MR) is 78.3 cm³/mol. The lowest BCUT2D eigenvalue weighted by molar-refractivity contribution is -0.115. The van der Waals surface area contributed by atoms with E-state index in [2.05, 4.69) is 20.5 Å². The number of carbonyl (C=O) groups excluding carboxylic acids is 1. The topological polar surface area (TPSA) is 71.0 Å². The Kier molecular flexibility index (Phi) is 3.78. The quantitative estimate of drug-likeness (QED) is 0.928. The van der Waals surface area contributed by atoms with Gasteiger partial charge in [-0.1, -0.05) is 11.3 Å².